The SMILES string of the molecule is Cc1c(NC(=S)Nc2cc([N+](=O)[O-])ccc2Cl)cccc1[N+](=O)[O-]. The highest BCUT2D eigenvalue weighted by Gasteiger charge is 2.15. The normalized spacial score (nSPS) is 10.1. The smallest absolute Gasteiger partial charge is 0.274 e. The Morgan fingerprint density at radius 1 is 1.08 bits per heavy atom. The molecular formula is C14H11ClN4O4S. The molecule has 0 fully saturated rings. The summed E-state index contributed by atoms with van der Waals surface area (Å²) >= 11 is 11.1. The lowest BCUT2D eigenvalue weighted by Crippen LogP contribution is -2.20. The Labute approximate surface area is 146 Å². The number of hydrogen-bond acceptors (Lipinski definition) is 5. The van der Waals surface area contributed by atoms with Crippen LogP contribution in [0.25, 0.3) is 0 Å². The molecule has 0 amide bonds. The number of non-ortho nitro benzene ring substituents is 1. The van der Waals surface area contributed by atoms with Crippen LogP contribution in [-0.4, -0.2) is 15.0 Å². The topological polar surface area (TPSA) is 110 Å². The van der Waals surface area contributed by atoms with Gasteiger partial charge >= 0.3 is 0 Å². The van der Waals surface area contributed by atoms with Crippen molar-refractivity contribution in [2.75, 3.05) is 10.6 Å². The maximum atomic E-state index is 10.9. The number of nitro benzene ring substituents is 2. The van der Waals surface area contributed by atoms with E-state index in [9.17, 15) is 20.2 Å². The summed E-state index contributed by atoms with van der Waals surface area (Å²) in [4.78, 5) is 20.7. The van der Waals surface area contributed by atoms with Gasteiger partial charge < -0.3 is 10.6 Å². The molecule has 24 heavy (non-hydrogen) atoms. The van der Waals surface area contributed by atoms with E-state index in [0.29, 0.717) is 11.3 Å². The first-order valence-electron chi connectivity index (χ1n) is 6.55. The average Bonchev–Trinajstić information content (AvgIpc) is 2.51. The second-order valence-electron chi connectivity index (χ2n) is 4.71. The molecular weight excluding hydrogens is 356 g/mol. The lowest BCUT2D eigenvalue weighted by Gasteiger charge is -2.13. The number of hydrogen-bond donors (Lipinski definition) is 2. The van der Waals surface area contributed by atoms with Crippen molar-refractivity contribution in [2.45, 2.75) is 6.92 Å². The van der Waals surface area contributed by atoms with Gasteiger partial charge in [0.15, 0.2) is 5.11 Å². The summed E-state index contributed by atoms with van der Waals surface area (Å²) in [6, 6.07) is 8.44. The molecule has 124 valence electrons. The second kappa shape index (κ2) is 7.20. The van der Waals surface area contributed by atoms with Gasteiger partial charge in [0.2, 0.25) is 0 Å². The van der Waals surface area contributed by atoms with Crippen molar-refractivity contribution in [3.05, 3.63) is 67.2 Å². The van der Waals surface area contributed by atoms with Crippen LogP contribution in [0.2, 0.25) is 5.02 Å². The van der Waals surface area contributed by atoms with Crippen LogP contribution in [-0.2, 0) is 0 Å². The number of nitro groups is 2. The van der Waals surface area contributed by atoms with E-state index in [4.69, 9.17) is 23.8 Å². The highest BCUT2D eigenvalue weighted by Crippen LogP contribution is 2.28. The summed E-state index contributed by atoms with van der Waals surface area (Å²) in [7, 11) is 0. The van der Waals surface area contributed by atoms with E-state index in [1.54, 1.807) is 13.0 Å². The minimum atomic E-state index is -0.553. The van der Waals surface area contributed by atoms with Crippen LogP contribution in [0.4, 0.5) is 22.7 Å². The molecule has 0 atom stereocenters. The zero-order chi connectivity index (χ0) is 17.9. The van der Waals surface area contributed by atoms with Gasteiger partial charge in [-0.05, 0) is 31.3 Å². The summed E-state index contributed by atoms with van der Waals surface area (Å²) in [6.45, 7) is 1.59. The fourth-order valence-electron chi connectivity index (χ4n) is 1.96. The monoisotopic (exact) mass is 366 g/mol. The third-order valence-electron chi connectivity index (χ3n) is 3.16. The Balaban J connectivity index is 2.20. The predicted octanol–water partition coefficient (Wildman–Crippen LogP) is 4.27. The fraction of sp³-hybridized carbons (Fsp3) is 0.0714. The molecule has 0 aliphatic rings. The number of nitrogens with zero attached hydrogens (tertiary/aromatic N) is 2. The highest BCUT2D eigenvalue weighted by atomic mass is 35.5. The Morgan fingerprint density at radius 2 is 1.75 bits per heavy atom. The van der Waals surface area contributed by atoms with Crippen LogP contribution < -0.4 is 10.6 Å². The van der Waals surface area contributed by atoms with Crippen LogP contribution in [0.3, 0.4) is 0 Å². The molecule has 0 radical (unpaired) electrons. The number of anilines is 2. The first kappa shape index (κ1) is 17.6. The second-order valence-corrected chi connectivity index (χ2v) is 5.52. The molecule has 0 unspecified atom stereocenters. The van der Waals surface area contributed by atoms with Gasteiger partial charge in [-0.2, -0.15) is 0 Å². The number of thiocarbonyl (C=S) groups is 1. The van der Waals surface area contributed by atoms with E-state index < -0.39 is 9.85 Å². The van der Waals surface area contributed by atoms with E-state index in [1.807, 2.05) is 0 Å². The Hall–Kier alpha value is -2.78. The van der Waals surface area contributed by atoms with Crippen LogP contribution in [0.15, 0.2) is 36.4 Å². The number of nitrogens with one attached hydrogen (secondary N) is 2. The molecule has 0 aromatic heterocycles. The highest BCUT2D eigenvalue weighted by molar-refractivity contribution is 7.80. The van der Waals surface area contributed by atoms with E-state index in [2.05, 4.69) is 10.6 Å². The van der Waals surface area contributed by atoms with Crippen LogP contribution in [0, 0.1) is 27.2 Å². The third kappa shape index (κ3) is 3.94. The summed E-state index contributed by atoms with van der Waals surface area (Å²) < 4.78 is 0. The molecule has 2 rings (SSSR count). The largest absolute Gasteiger partial charge is 0.332 e. The zero-order valence-corrected chi connectivity index (χ0v) is 13.9. The average molecular weight is 367 g/mol. The maximum absolute atomic E-state index is 10.9. The lowest BCUT2D eigenvalue weighted by molar-refractivity contribution is -0.385. The molecule has 2 N–H and O–H groups in total. The van der Waals surface area contributed by atoms with Gasteiger partial charge in [-0.1, -0.05) is 17.7 Å². The van der Waals surface area contributed by atoms with Crippen LogP contribution in [0.1, 0.15) is 5.56 Å². The third-order valence-corrected chi connectivity index (χ3v) is 3.69. The molecule has 8 nitrogen and oxygen atoms in total. The molecule has 10 heteroatoms. The summed E-state index contributed by atoms with van der Waals surface area (Å²) in [5.41, 5.74) is 0.930. The molecule has 0 spiro atoms. The van der Waals surface area contributed by atoms with Gasteiger partial charge in [-0.3, -0.25) is 20.2 Å². The summed E-state index contributed by atoms with van der Waals surface area (Å²) in [6.07, 6.45) is 0. The Bertz CT molecular complexity index is 838. The molecule has 0 heterocycles. The number of rotatable bonds is 4. The standard InChI is InChI=1S/C14H11ClN4O4S/c1-8-11(3-2-4-13(8)19(22)23)16-14(24)17-12-7-9(18(20)21)5-6-10(12)15/h2-7H,1H3,(H2,16,17,24). The van der Waals surface area contributed by atoms with Crippen molar-refractivity contribution in [1.82, 2.24) is 0 Å². The van der Waals surface area contributed by atoms with Gasteiger partial charge in [0, 0.05) is 18.2 Å². The van der Waals surface area contributed by atoms with Gasteiger partial charge in [0.1, 0.15) is 0 Å². The Kier molecular flexibility index (Phi) is 5.27. The predicted molar refractivity (Wildman–Crippen MR) is 95.8 cm³/mol. The Morgan fingerprint density at radius 3 is 2.38 bits per heavy atom. The maximum Gasteiger partial charge on any atom is 0.274 e. The van der Waals surface area contributed by atoms with E-state index >= 15 is 0 Å². The zero-order valence-electron chi connectivity index (χ0n) is 12.3. The quantitative estimate of drug-likeness (QED) is 0.472. The van der Waals surface area contributed by atoms with Gasteiger partial charge in [-0.25, -0.2) is 0 Å². The number of halogens is 1. The fourth-order valence-corrected chi connectivity index (χ4v) is 2.34. The van der Waals surface area contributed by atoms with Crippen molar-refractivity contribution in [3.8, 4) is 0 Å². The van der Waals surface area contributed by atoms with Crippen molar-refractivity contribution in [1.29, 1.82) is 0 Å². The molecule has 2 aromatic carbocycles. The molecule has 0 bridgehead atoms. The summed E-state index contributed by atoms with van der Waals surface area (Å²) in [5, 5.41) is 27.7. The minimum Gasteiger partial charge on any atom is -0.332 e. The van der Waals surface area contributed by atoms with E-state index in [1.165, 1.54) is 30.3 Å². The number of benzene rings is 2. The van der Waals surface area contributed by atoms with Crippen molar-refractivity contribution in [3.63, 3.8) is 0 Å². The molecule has 2 aromatic rings. The minimum absolute atomic E-state index is 0.0452. The first-order chi connectivity index (χ1) is 11.3. The van der Waals surface area contributed by atoms with Gasteiger partial charge in [0.05, 0.1) is 31.8 Å². The first-order valence-corrected chi connectivity index (χ1v) is 7.34. The molecule has 0 saturated heterocycles. The van der Waals surface area contributed by atoms with Gasteiger partial charge in [0.25, 0.3) is 11.4 Å². The molecule has 0 saturated carbocycles. The summed E-state index contributed by atoms with van der Waals surface area (Å²) in [5.74, 6) is 0. The van der Waals surface area contributed by atoms with Gasteiger partial charge in [-0.15, -0.1) is 0 Å². The molecule has 0 aliphatic carbocycles. The van der Waals surface area contributed by atoms with Crippen molar-refractivity contribution < 1.29 is 9.85 Å². The lowest BCUT2D eigenvalue weighted by atomic mass is 10.1. The van der Waals surface area contributed by atoms with Crippen molar-refractivity contribution in [2.24, 2.45) is 0 Å². The van der Waals surface area contributed by atoms with E-state index in [0.717, 1.165) is 0 Å². The van der Waals surface area contributed by atoms with Crippen LogP contribution in [0.5, 0.6) is 0 Å². The van der Waals surface area contributed by atoms with Crippen molar-refractivity contribution >= 4 is 51.7 Å². The van der Waals surface area contributed by atoms with Crippen LogP contribution >= 0.6 is 23.8 Å². The van der Waals surface area contributed by atoms with E-state index in [-0.39, 0.29) is 27.2 Å². The molecule has 0 aliphatic heterocycles.